The number of nitrogens with one attached hydrogen (secondary N) is 1. The van der Waals surface area contributed by atoms with Crippen LogP contribution in [0, 0.1) is 0 Å². The lowest BCUT2D eigenvalue weighted by atomic mass is 9.98. The molecule has 0 fully saturated rings. The van der Waals surface area contributed by atoms with Crippen LogP contribution in [-0.2, 0) is 6.42 Å². The largest absolute Gasteiger partial charge is 0.352 e. The third kappa shape index (κ3) is 2.52. The summed E-state index contributed by atoms with van der Waals surface area (Å²) in [7, 11) is 5.69. The Morgan fingerprint density at radius 1 is 1.32 bits per heavy atom. The molecule has 0 bridgehead atoms. The molecule has 3 heterocycles. The van der Waals surface area contributed by atoms with E-state index < -0.39 is 0 Å². The van der Waals surface area contributed by atoms with E-state index in [1.165, 1.54) is 0 Å². The zero-order valence-electron chi connectivity index (χ0n) is 11.1. The molecule has 6 heteroatoms. The van der Waals surface area contributed by atoms with Gasteiger partial charge in [0.1, 0.15) is 7.85 Å². The molecular weight excluding hydrogens is 239 g/mol. The summed E-state index contributed by atoms with van der Waals surface area (Å²) in [5, 5.41) is 7.00. The van der Waals surface area contributed by atoms with Gasteiger partial charge in [-0.15, -0.1) is 0 Å². The average molecular weight is 254 g/mol. The molecule has 2 aromatic rings. The number of pyridine rings is 1. The fraction of sp³-hybridized carbons (Fsp3) is 0.308. The van der Waals surface area contributed by atoms with E-state index in [1.54, 1.807) is 29.3 Å². The zero-order valence-corrected chi connectivity index (χ0v) is 11.1. The first-order chi connectivity index (χ1) is 9.25. The molecule has 0 spiro atoms. The monoisotopic (exact) mass is 254 g/mol. The van der Waals surface area contributed by atoms with Gasteiger partial charge < -0.3 is 5.32 Å². The fourth-order valence-electron chi connectivity index (χ4n) is 1.98. The van der Waals surface area contributed by atoms with E-state index in [-0.39, 0.29) is 5.91 Å². The summed E-state index contributed by atoms with van der Waals surface area (Å²) in [4.78, 5) is 15.6. The summed E-state index contributed by atoms with van der Waals surface area (Å²) in [5.41, 5.74) is 2.88. The van der Waals surface area contributed by atoms with Crippen molar-refractivity contribution >= 4 is 19.2 Å². The number of fused-ring (bicyclic) bond motifs is 1. The van der Waals surface area contributed by atoms with E-state index in [0.29, 0.717) is 17.6 Å². The summed E-state index contributed by atoms with van der Waals surface area (Å²) < 4.78 is 1.72. The normalized spacial score (nSPS) is 13.1. The van der Waals surface area contributed by atoms with Crippen LogP contribution in [-0.4, -0.2) is 35.1 Å². The first kappa shape index (κ1) is 13.3. The highest BCUT2D eigenvalue weighted by molar-refractivity contribution is 6.32. The molecule has 0 unspecified atom stereocenters. The van der Waals surface area contributed by atoms with Gasteiger partial charge in [-0.3, -0.25) is 9.78 Å². The molecule has 1 aliphatic rings. The lowest BCUT2D eigenvalue weighted by Gasteiger charge is -2.14. The van der Waals surface area contributed by atoms with Crippen molar-refractivity contribution in [2.24, 2.45) is 0 Å². The van der Waals surface area contributed by atoms with Crippen molar-refractivity contribution in [1.29, 1.82) is 0 Å². The quantitative estimate of drug-likeness (QED) is 0.748. The molecule has 0 saturated carbocycles. The number of carbonyl (C=O) groups is 1. The van der Waals surface area contributed by atoms with Crippen LogP contribution < -0.4 is 10.8 Å². The number of amides is 1. The van der Waals surface area contributed by atoms with Crippen LogP contribution in [0.25, 0.3) is 5.69 Å². The van der Waals surface area contributed by atoms with E-state index in [0.717, 1.165) is 17.8 Å². The molecule has 1 N–H and O–H groups in total. The van der Waals surface area contributed by atoms with Crippen molar-refractivity contribution in [3.63, 3.8) is 0 Å². The van der Waals surface area contributed by atoms with Crippen molar-refractivity contribution in [3.05, 3.63) is 35.9 Å². The van der Waals surface area contributed by atoms with Crippen molar-refractivity contribution in [3.8, 4) is 5.69 Å². The van der Waals surface area contributed by atoms with Crippen LogP contribution in [0.1, 0.15) is 29.9 Å². The Morgan fingerprint density at radius 2 is 2.11 bits per heavy atom. The Morgan fingerprint density at radius 3 is 2.84 bits per heavy atom. The SMILES string of the molecule is CC.[B]c1cncc(-n2ncc3c2CCNC3=O)c1. The van der Waals surface area contributed by atoms with Crippen molar-refractivity contribution in [2.45, 2.75) is 20.3 Å². The number of hydrogen-bond donors (Lipinski definition) is 1. The van der Waals surface area contributed by atoms with Gasteiger partial charge in [-0.1, -0.05) is 19.3 Å². The molecule has 0 aliphatic carbocycles. The maximum Gasteiger partial charge on any atom is 0.254 e. The summed E-state index contributed by atoms with van der Waals surface area (Å²) in [6.07, 6.45) is 5.59. The Bertz CT molecular complexity index is 594. The van der Waals surface area contributed by atoms with Crippen LogP contribution in [0.5, 0.6) is 0 Å². The predicted octanol–water partition coefficient (Wildman–Crippen LogP) is 0.373. The number of carbonyl (C=O) groups excluding carboxylic acids is 1. The highest BCUT2D eigenvalue weighted by atomic mass is 16.1. The number of nitrogens with zero attached hydrogens (tertiary/aromatic N) is 3. The van der Waals surface area contributed by atoms with Gasteiger partial charge in [0.05, 0.1) is 29.3 Å². The van der Waals surface area contributed by atoms with E-state index in [2.05, 4.69) is 15.4 Å². The summed E-state index contributed by atoms with van der Waals surface area (Å²) >= 11 is 0. The van der Waals surface area contributed by atoms with Crippen molar-refractivity contribution in [2.75, 3.05) is 6.54 Å². The molecular formula is C13H15BN4O. The fourth-order valence-corrected chi connectivity index (χ4v) is 1.98. The van der Waals surface area contributed by atoms with Gasteiger partial charge in [0.15, 0.2) is 0 Å². The standard InChI is InChI=1S/C11H9BN4O.C2H6/c12-7-3-8(5-13-4-7)16-10-1-2-14-11(17)9(10)6-15-16;1-2/h3-6H,1-2H2,(H,14,17);1-2H3. The Balaban J connectivity index is 0.000000637. The van der Waals surface area contributed by atoms with Gasteiger partial charge >= 0.3 is 0 Å². The minimum atomic E-state index is -0.0747. The van der Waals surface area contributed by atoms with Crippen molar-refractivity contribution in [1.82, 2.24) is 20.1 Å². The van der Waals surface area contributed by atoms with Gasteiger partial charge in [0, 0.05) is 19.2 Å². The van der Waals surface area contributed by atoms with Gasteiger partial charge in [0.25, 0.3) is 5.91 Å². The molecule has 2 aromatic heterocycles. The minimum absolute atomic E-state index is 0.0747. The molecule has 96 valence electrons. The Kier molecular flexibility index (Phi) is 3.99. The lowest BCUT2D eigenvalue weighted by Crippen LogP contribution is -2.32. The second-order valence-electron chi connectivity index (χ2n) is 3.90. The lowest BCUT2D eigenvalue weighted by molar-refractivity contribution is 0.0945. The molecule has 1 amide bonds. The topological polar surface area (TPSA) is 59.8 Å². The maximum atomic E-state index is 11.6. The van der Waals surface area contributed by atoms with E-state index in [1.807, 2.05) is 13.8 Å². The Labute approximate surface area is 113 Å². The van der Waals surface area contributed by atoms with Gasteiger partial charge in [-0.05, 0) is 6.07 Å². The smallest absolute Gasteiger partial charge is 0.254 e. The highest BCUT2D eigenvalue weighted by Crippen LogP contribution is 2.16. The van der Waals surface area contributed by atoms with Crippen LogP contribution >= 0.6 is 0 Å². The summed E-state index contributed by atoms with van der Waals surface area (Å²) in [6, 6.07) is 1.78. The third-order valence-electron chi connectivity index (χ3n) is 2.75. The molecule has 0 aromatic carbocycles. The highest BCUT2D eigenvalue weighted by Gasteiger charge is 2.21. The van der Waals surface area contributed by atoms with Gasteiger partial charge in [0.2, 0.25) is 0 Å². The van der Waals surface area contributed by atoms with E-state index in [4.69, 9.17) is 7.85 Å². The average Bonchev–Trinajstić information content (AvgIpc) is 2.86. The third-order valence-corrected chi connectivity index (χ3v) is 2.75. The minimum Gasteiger partial charge on any atom is -0.352 e. The number of rotatable bonds is 1. The second kappa shape index (κ2) is 5.69. The van der Waals surface area contributed by atoms with Crippen LogP contribution in [0.15, 0.2) is 24.7 Å². The first-order valence-electron chi connectivity index (χ1n) is 6.32. The zero-order chi connectivity index (χ0) is 13.8. The van der Waals surface area contributed by atoms with E-state index >= 15 is 0 Å². The van der Waals surface area contributed by atoms with Crippen LogP contribution in [0.2, 0.25) is 0 Å². The van der Waals surface area contributed by atoms with Crippen molar-refractivity contribution < 1.29 is 4.79 Å². The van der Waals surface area contributed by atoms with Crippen LogP contribution in [0.4, 0.5) is 0 Å². The van der Waals surface area contributed by atoms with Gasteiger partial charge in [-0.2, -0.15) is 5.10 Å². The molecule has 3 rings (SSSR count). The first-order valence-corrected chi connectivity index (χ1v) is 6.32. The number of aromatic nitrogens is 3. The molecule has 0 saturated heterocycles. The predicted molar refractivity (Wildman–Crippen MR) is 74.1 cm³/mol. The summed E-state index contributed by atoms with van der Waals surface area (Å²) in [6.45, 7) is 4.63. The van der Waals surface area contributed by atoms with Gasteiger partial charge in [-0.25, -0.2) is 4.68 Å². The molecule has 19 heavy (non-hydrogen) atoms. The number of hydrogen-bond acceptors (Lipinski definition) is 3. The second-order valence-corrected chi connectivity index (χ2v) is 3.90. The molecule has 2 radical (unpaired) electrons. The molecule has 5 nitrogen and oxygen atoms in total. The maximum absolute atomic E-state index is 11.6. The van der Waals surface area contributed by atoms with Crippen LogP contribution in [0.3, 0.4) is 0 Å². The molecule has 1 aliphatic heterocycles. The summed E-state index contributed by atoms with van der Waals surface area (Å²) in [5.74, 6) is -0.0747. The van der Waals surface area contributed by atoms with E-state index in [9.17, 15) is 4.79 Å². The molecule has 0 atom stereocenters. The Hall–Kier alpha value is -2.11.